The Morgan fingerprint density at radius 3 is 2.05 bits per heavy atom. The predicted octanol–water partition coefficient (Wildman–Crippen LogP) is 4.62. The van der Waals surface area contributed by atoms with E-state index in [-0.39, 0.29) is 28.8 Å². The molecule has 0 fully saturated rings. The van der Waals surface area contributed by atoms with Crippen LogP contribution in [0.1, 0.15) is 39.7 Å². The monoisotopic (exact) mass is 581 g/mol. The normalized spacial score (nSPS) is 12.2. The third-order valence-corrected chi connectivity index (χ3v) is 8.13. The Bertz CT molecular complexity index is 1420. The number of nitrogens with zero attached hydrogens (tertiary/aromatic N) is 2. The molecule has 0 saturated heterocycles. The summed E-state index contributed by atoms with van der Waals surface area (Å²) in [5, 5.41) is 2.96. The Balaban J connectivity index is 2.10. The van der Waals surface area contributed by atoms with Gasteiger partial charge in [0.15, 0.2) is 0 Å². The molecule has 0 heterocycles. The molecule has 0 aliphatic heterocycles. The molecule has 3 rings (SSSR count). The number of carbonyl (C=O) groups is 2. The number of carbonyl (C=O) groups excluding carboxylic acids is 2. The molecule has 0 unspecified atom stereocenters. The SMILES string of the molecule is CC[C@@H](C(=O)NC(C)(C)C)N(Cc1ccccc1)C(=O)CN(c1ccccc1OC)S(=O)(=O)c1ccc(OC)cc1. The molecule has 0 saturated carbocycles. The van der Waals surface area contributed by atoms with Crippen LogP contribution in [0.2, 0.25) is 0 Å². The summed E-state index contributed by atoms with van der Waals surface area (Å²) in [5.74, 6) is -0.0723. The molecular formula is C31H39N3O6S. The standard InChI is InChI=1S/C31H39N3O6S/c1-7-26(30(36)32-31(2,3)4)33(21-23-13-9-8-10-14-23)29(35)22-34(27-15-11-12-16-28(27)40-6)41(37,38)25-19-17-24(39-5)18-20-25/h8-20,26H,7,21-22H2,1-6H3,(H,32,36)/t26-/m0/s1. The van der Waals surface area contributed by atoms with Gasteiger partial charge in [-0.2, -0.15) is 0 Å². The lowest BCUT2D eigenvalue weighted by Crippen LogP contribution is -2.55. The highest BCUT2D eigenvalue weighted by Gasteiger charge is 2.35. The van der Waals surface area contributed by atoms with E-state index < -0.39 is 34.1 Å². The first-order valence-corrected chi connectivity index (χ1v) is 14.8. The van der Waals surface area contributed by atoms with Crippen LogP contribution in [0.3, 0.4) is 0 Å². The summed E-state index contributed by atoms with van der Waals surface area (Å²) >= 11 is 0. The van der Waals surface area contributed by atoms with E-state index in [2.05, 4.69) is 5.32 Å². The summed E-state index contributed by atoms with van der Waals surface area (Å²) in [7, 11) is -1.32. The van der Waals surface area contributed by atoms with Crippen molar-refractivity contribution >= 4 is 27.5 Å². The molecule has 2 amide bonds. The fraction of sp³-hybridized carbons (Fsp3) is 0.355. The van der Waals surface area contributed by atoms with Gasteiger partial charge in [0, 0.05) is 12.1 Å². The molecule has 0 spiro atoms. The molecule has 220 valence electrons. The second-order valence-corrected chi connectivity index (χ2v) is 12.4. The average Bonchev–Trinajstić information content (AvgIpc) is 2.95. The van der Waals surface area contributed by atoms with Gasteiger partial charge in [-0.05, 0) is 69.2 Å². The number of benzene rings is 3. The first-order chi connectivity index (χ1) is 19.4. The molecule has 3 aromatic carbocycles. The minimum atomic E-state index is -4.24. The highest BCUT2D eigenvalue weighted by atomic mass is 32.2. The summed E-state index contributed by atoms with van der Waals surface area (Å²) in [5.41, 5.74) is 0.489. The van der Waals surface area contributed by atoms with Gasteiger partial charge >= 0.3 is 0 Å². The summed E-state index contributed by atoms with van der Waals surface area (Å²) < 4.78 is 39.8. The van der Waals surface area contributed by atoms with E-state index in [4.69, 9.17) is 9.47 Å². The minimum absolute atomic E-state index is 0.0240. The maximum Gasteiger partial charge on any atom is 0.264 e. The third-order valence-electron chi connectivity index (χ3n) is 6.36. The van der Waals surface area contributed by atoms with Crippen LogP contribution in [-0.2, 0) is 26.2 Å². The van der Waals surface area contributed by atoms with Gasteiger partial charge in [0.05, 0.1) is 24.8 Å². The van der Waals surface area contributed by atoms with Gasteiger partial charge in [-0.15, -0.1) is 0 Å². The fourth-order valence-electron chi connectivity index (χ4n) is 4.38. The quantitative estimate of drug-likeness (QED) is 0.335. The highest BCUT2D eigenvalue weighted by molar-refractivity contribution is 7.92. The Labute approximate surface area is 243 Å². The average molecular weight is 582 g/mol. The van der Waals surface area contributed by atoms with E-state index in [0.29, 0.717) is 12.2 Å². The molecule has 1 atom stereocenters. The third kappa shape index (κ3) is 8.00. The lowest BCUT2D eigenvalue weighted by Gasteiger charge is -2.35. The van der Waals surface area contributed by atoms with Crippen molar-refractivity contribution in [3.63, 3.8) is 0 Å². The van der Waals surface area contributed by atoms with Crippen molar-refractivity contribution in [2.75, 3.05) is 25.1 Å². The Morgan fingerprint density at radius 2 is 1.49 bits per heavy atom. The number of rotatable bonds is 12. The van der Waals surface area contributed by atoms with Crippen molar-refractivity contribution in [1.82, 2.24) is 10.2 Å². The van der Waals surface area contributed by atoms with E-state index in [1.165, 1.54) is 31.3 Å². The van der Waals surface area contributed by atoms with Gasteiger partial charge in [-0.1, -0.05) is 49.4 Å². The molecule has 0 aliphatic rings. The minimum Gasteiger partial charge on any atom is -0.497 e. The number of methoxy groups -OCH3 is 2. The zero-order chi connectivity index (χ0) is 30.2. The molecule has 9 nitrogen and oxygen atoms in total. The van der Waals surface area contributed by atoms with Crippen molar-refractivity contribution < 1.29 is 27.5 Å². The highest BCUT2D eigenvalue weighted by Crippen LogP contribution is 2.33. The molecule has 41 heavy (non-hydrogen) atoms. The van der Waals surface area contributed by atoms with E-state index in [1.54, 1.807) is 36.4 Å². The summed E-state index contributed by atoms with van der Waals surface area (Å²) in [6, 6.07) is 21.0. The van der Waals surface area contributed by atoms with Crippen molar-refractivity contribution in [2.45, 2.75) is 57.1 Å². The van der Waals surface area contributed by atoms with Gasteiger partial charge < -0.3 is 19.7 Å². The second-order valence-electron chi connectivity index (χ2n) is 10.5. The van der Waals surface area contributed by atoms with Crippen LogP contribution in [0.25, 0.3) is 0 Å². The maximum absolute atomic E-state index is 14.2. The molecular weight excluding hydrogens is 542 g/mol. The number of hydrogen-bond donors (Lipinski definition) is 1. The van der Waals surface area contributed by atoms with Gasteiger partial charge in [-0.3, -0.25) is 13.9 Å². The van der Waals surface area contributed by atoms with Crippen LogP contribution >= 0.6 is 0 Å². The molecule has 1 N–H and O–H groups in total. The Hall–Kier alpha value is -4.05. The lowest BCUT2D eigenvalue weighted by molar-refractivity contribution is -0.141. The van der Waals surface area contributed by atoms with Gasteiger partial charge in [0.1, 0.15) is 24.1 Å². The van der Waals surface area contributed by atoms with Crippen LogP contribution in [-0.4, -0.2) is 57.5 Å². The van der Waals surface area contributed by atoms with Crippen LogP contribution < -0.4 is 19.1 Å². The zero-order valence-electron chi connectivity index (χ0n) is 24.5. The molecule has 10 heteroatoms. The Morgan fingerprint density at radius 1 is 0.878 bits per heavy atom. The maximum atomic E-state index is 14.2. The number of para-hydroxylation sites is 2. The summed E-state index contributed by atoms with van der Waals surface area (Å²) in [4.78, 5) is 29.0. The van der Waals surface area contributed by atoms with Crippen molar-refractivity contribution in [1.29, 1.82) is 0 Å². The largest absolute Gasteiger partial charge is 0.497 e. The fourth-order valence-corrected chi connectivity index (χ4v) is 5.80. The van der Waals surface area contributed by atoms with Crippen LogP contribution in [0.15, 0.2) is 83.8 Å². The molecule has 0 aliphatic carbocycles. The lowest BCUT2D eigenvalue weighted by atomic mass is 10.1. The number of nitrogens with one attached hydrogen (secondary N) is 1. The molecule has 0 bridgehead atoms. The molecule has 0 radical (unpaired) electrons. The first kappa shape index (κ1) is 31.5. The van der Waals surface area contributed by atoms with Crippen molar-refractivity contribution in [3.05, 3.63) is 84.4 Å². The van der Waals surface area contributed by atoms with E-state index in [9.17, 15) is 18.0 Å². The topological polar surface area (TPSA) is 105 Å². The smallest absolute Gasteiger partial charge is 0.264 e. The number of ether oxygens (including phenoxy) is 2. The number of anilines is 1. The van der Waals surface area contributed by atoms with Gasteiger partial charge in [0.2, 0.25) is 11.8 Å². The van der Waals surface area contributed by atoms with E-state index in [0.717, 1.165) is 9.87 Å². The van der Waals surface area contributed by atoms with Gasteiger partial charge in [-0.25, -0.2) is 8.42 Å². The summed E-state index contributed by atoms with van der Waals surface area (Å²) in [6.07, 6.45) is 0.334. The van der Waals surface area contributed by atoms with Crippen molar-refractivity contribution in [3.8, 4) is 11.5 Å². The Kier molecular flexibility index (Phi) is 10.4. The number of sulfonamides is 1. The van der Waals surface area contributed by atoms with Crippen LogP contribution in [0.4, 0.5) is 5.69 Å². The van der Waals surface area contributed by atoms with E-state index >= 15 is 0 Å². The van der Waals surface area contributed by atoms with Gasteiger partial charge in [0.25, 0.3) is 10.0 Å². The molecule has 0 aromatic heterocycles. The summed E-state index contributed by atoms with van der Waals surface area (Å²) in [6.45, 7) is 6.99. The number of amides is 2. The zero-order valence-corrected chi connectivity index (χ0v) is 25.3. The van der Waals surface area contributed by atoms with Crippen molar-refractivity contribution in [2.24, 2.45) is 0 Å². The second kappa shape index (κ2) is 13.5. The predicted molar refractivity (Wildman–Crippen MR) is 159 cm³/mol. The molecule has 3 aromatic rings. The van der Waals surface area contributed by atoms with Crippen LogP contribution in [0.5, 0.6) is 11.5 Å². The van der Waals surface area contributed by atoms with E-state index in [1.807, 2.05) is 58.0 Å². The first-order valence-electron chi connectivity index (χ1n) is 13.4. The van der Waals surface area contributed by atoms with Crippen LogP contribution in [0, 0.1) is 0 Å². The number of hydrogen-bond acceptors (Lipinski definition) is 6.